The predicted molar refractivity (Wildman–Crippen MR) is 298 cm³/mol. The van der Waals surface area contributed by atoms with Gasteiger partial charge in [0.2, 0.25) is 0 Å². The third kappa shape index (κ3) is 55.6. The van der Waals surface area contributed by atoms with E-state index in [0.29, 0.717) is 12.8 Å². The molecule has 0 saturated carbocycles. The lowest BCUT2D eigenvalue weighted by Gasteiger charge is -2.18. The van der Waals surface area contributed by atoms with E-state index in [-0.39, 0.29) is 31.6 Å². The van der Waals surface area contributed by atoms with Crippen molar-refractivity contribution in [3.05, 3.63) is 72.9 Å². The van der Waals surface area contributed by atoms with Crippen LogP contribution in [0.2, 0.25) is 0 Å². The van der Waals surface area contributed by atoms with Crippen molar-refractivity contribution in [3.63, 3.8) is 0 Å². The van der Waals surface area contributed by atoms with Crippen LogP contribution in [0.4, 0.5) is 0 Å². The average molecular weight is 964 g/mol. The van der Waals surface area contributed by atoms with E-state index in [1.54, 1.807) is 6.08 Å². The summed E-state index contributed by atoms with van der Waals surface area (Å²) in [5.74, 6) is -1.03. The molecule has 0 aromatic heterocycles. The number of unbranched alkanes of at least 4 members (excludes halogenated alkanes) is 31. The Balaban J connectivity index is 4.37. The van der Waals surface area contributed by atoms with Crippen LogP contribution in [0, 0.1) is 0 Å². The summed E-state index contributed by atoms with van der Waals surface area (Å²) in [6.45, 7) is 6.46. The molecule has 0 amide bonds. The van der Waals surface area contributed by atoms with E-state index in [1.807, 2.05) is 6.08 Å². The third-order valence-electron chi connectivity index (χ3n) is 12.7. The molecular formula is C63H110O6. The Hall–Kier alpha value is -3.15. The standard InChI is InChI=1S/C63H110O6/c1-4-7-10-13-16-19-22-25-27-28-29-30-31-32-33-34-36-38-41-44-47-50-53-56-62(65)68-59-60(58-67-61(64)55-52-49-46-43-40-37-24-21-18-15-12-9-6-3)69-63(66)57-54-51-48-45-42-39-35-26-23-20-17-14-11-8-5-2/h8,11,17,20,26,28-29,35,42,45,51,54,60H,4-7,9-10,12-16,18-19,21-25,27,30-34,36-41,43-44,46-50,52-53,55-59H2,1-3H3/b11-8-,20-17-,29-28-,35-26-,45-42-,54-51-. The van der Waals surface area contributed by atoms with Gasteiger partial charge in [0.1, 0.15) is 13.2 Å². The topological polar surface area (TPSA) is 78.9 Å². The number of carbonyl (C=O) groups is 3. The Bertz CT molecular complexity index is 1290. The number of hydrogen-bond donors (Lipinski definition) is 0. The van der Waals surface area contributed by atoms with Crippen molar-refractivity contribution in [2.24, 2.45) is 0 Å². The molecule has 0 aliphatic rings. The second-order valence-electron chi connectivity index (χ2n) is 19.5. The van der Waals surface area contributed by atoms with E-state index in [0.717, 1.165) is 70.6 Å². The summed E-state index contributed by atoms with van der Waals surface area (Å²) in [6.07, 6.45) is 73.6. The molecule has 69 heavy (non-hydrogen) atoms. The Kier molecular flexibility index (Phi) is 54.8. The van der Waals surface area contributed by atoms with Gasteiger partial charge in [-0.25, -0.2) is 0 Å². The van der Waals surface area contributed by atoms with Crippen molar-refractivity contribution in [1.82, 2.24) is 0 Å². The molecule has 0 spiro atoms. The molecule has 0 heterocycles. The minimum atomic E-state index is -0.828. The SMILES string of the molecule is CC/C=C\C/C=C\C/C=C\C/C=C\C/C=C\CC(=O)OC(COC(=O)CCCCCCCCCCCCC/C=C\CCCCCCCCCC)COC(=O)CCCCCCCCCCCCCCC. The first-order valence-electron chi connectivity index (χ1n) is 29.4. The molecule has 6 nitrogen and oxygen atoms in total. The van der Waals surface area contributed by atoms with Crippen LogP contribution in [-0.4, -0.2) is 37.2 Å². The van der Waals surface area contributed by atoms with E-state index in [2.05, 4.69) is 81.5 Å². The monoisotopic (exact) mass is 963 g/mol. The number of ether oxygens (including phenoxy) is 3. The van der Waals surface area contributed by atoms with Gasteiger partial charge in [0.25, 0.3) is 0 Å². The summed E-state index contributed by atoms with van der Waals surface area (Å²) in [4.78, 5) is 38.1. The first-order chi connectivity index (χ1) is 34.0. The van der Waals surface area contributed by atoms with Gasteiger partial charge in [0.05, 0.1) is 6.42 Å². The number of rotatable bonds is 53. The summed E-state index contributed by atoms with van der Waals surface area (Å²) in [6, 6.07) is 0. The molecular weight excluding hydrogens is 853 g/mol. The molecule has 0 fully saturated rings. The molecule has 0 aromatic rings. The fraction of sp³-hybridized carbons (Fsp3) is 0.762. The van der Waals surface area contributed by atoms with Crippen molar-refractivity contribution < 1.29 is 28.6 Å². The fourth-order valence-corrected chi connectivity index (χ4v) is 8.34. The molecule has 1 unspecified atom stereocenters. The highest BCUT2D eigenvalue weighted by Gasteiger charge is 2.19. The molecule has 0 aromatic carbocycles. The smallest absolute Gasteiger partial charge is 0.310 e. The maximum absolute atomic E-state index is 12.8. The first kappa shape index (κ1) is 65.8. The van der Waals surface area contributed by atoms with E-state index in [4.69, 9.17) is 14.2 Å². The van der Waals surface area contributed by atoms with Crippen LogP contribution < -0.4 is 0 Å². The van der Waals surface area contributed by atoms with Gasteiger partial charge in [-0.3, -0.25) is 14.4 Å². The summed E-state index contributed by atoms with van der Waals surface area (Å²) in [5, 5.41) is 0. The lowest BCUT2D eigenvalue weighted by Crippen LogP contribution is -2.30. The Morgan fingerprint density at radius 1 is 0.319 bits per heavy atom. The zero-order valence-corrected chi connectivity index (χ0v) is 45.6. The van der Waals surface area contributed by atoms with Gasteiger partial charge < -0.3 is 14.2 Å². The minimum Gasteiger partial charge on any atom is -0.462 e. The normalized spacial score (nSPS) is 12.6. The predicted octanol–water partition coefficient (Wildman–Crippen LogP) is 19.8. The van der Waals surface area contributed by atoms with Crippen LogP contribution in [0.1, 0.15) is 290 Å². The zero-order chi connectivity index (χ0) is 50.0. The summed E-state index contributed by atoms with van der Waals surface area (Å²) < 4.78 is 16.8. The van der Waals surface area contributed by atoms with Crippen molar-refractivity contribution in [2.75, 3.05) is 13.2 Å². The van der Waals surface area contributed by atoms with Crippen LogP contribution in [-0.2, 0) is 28.6 Å². The number of allylic oxidation sites excluding steroid dienone is 11. The van der Waals surface area contributed by atoms with Crippen LogP contribution in [0.5, 0.6) is 0 Å². The molecule has 0 N–H and O–H groups in total. The average Bonchev–Trinajstić information content (AvgIpc) is 3.35. The number of hydrogen-bond acceptors (Lipinski definition) is 6. The van der Waals surface area contributed by atoms with Gasteiger partial charge in [0.15, 0.2) is 6.10 Å². The molecule has 0 aliphatic carbocycles. The van der Waals surface area contributed by atoms with Crippen molar-refractivity contribution >= 4 is 17.9 Å². The largest absolute Gasteiger partial charge is 0.462 e. The molecule has 0 aliphatic heterocycles. The zero-order valence-electron chi connectivity index (χ0n) is 45.6. The van der Waals surface area contributed by atoms with Crippen LogP contribution in [0.25, 0.3) is 0 Å². The quantitative estimate of drug-likeness (QED) is 0.0262. The maximum atomic E-state index is 12.8. The van der Waals surface area contributed by atoms with E-state index >= 15 is 0 Å². The molecule has 6 heteroatoms. The Morgan fingerprint density at radius 3 is 0.942 bits per heavy atom. The maximum Gasteiger partial charge on any atom is 0.310 e. The van der Waals surface area contributed by atoms with E-state index < -0.39 is 12.1 Å². The number of carbonyl (C=O) groups excluding carboxylic acids is 3. The molecule has 0 bridgehead atoms. The molecule has 0 rings (SSSR count). The minimum absolute atomic E-state index is 0.0994. The van der Waals surface area contributed by atoms with Gasteiger partial charge in [-0.2, -0.15) is 0 Å². The first-order valence-corrected chi connectivity index (χ1v) is 29.4. The van der Waals surface area contributed by atoms with Gasteiger partial charge in [-0.1, -0.05) is 273 Å². The van der Waals surface area contributed by atoms with Gasteiger partial charge in [-0.05, 0) is 70.6 Å². The van der Waals surface area contributed by atoms with E-state index in [1.165, 1.54) is 180 Å². The molecule has 0 saturated heterocycles. The highest BCUT2D eigenvalue weighted by molar-refractivity contribution is 5.72. The Labute approximate surface area is 427 Å². The van der Waals surface area contributed by atoms with Crippen LogP contribution >= 0.6 is 0 Å². The highest BCUT2D eigenvalue weighted by atomic mass is 16.6. The van der Waals surface area contributed by atoms with Crippen molar-refractivity contribution in [1.29, 1.82) is 0 Å². The second-order valence-corrected chi connectivity index (χ2v) is 19.5. The summed E-state index contributed by atoms with van der Waals surface area (Å²) >= 11 is 0. The Morgan fingerprint density at radius 2 is 0.609 bits per heavy atom. The summed E-state index contributed by atoms with van der Waals surface area (Å²) in [7, 11) is 0. The lowest BCUT2D eigenvalue weighted by molar-refractivity contribution is -0.166. The summed E-state index contributed by atoms with van der Waals surface area (Å²) in [5.41, 5.74) is 0. The van der Waals surface area contributed by atoms with Gasteiger partial charge >= 0.3 is 17.9 Å². The number of esters is 3. The van der Waals surface area contributed by atoms with Crippen LogP contribution in [0.15, 0.2) is 72.9 Å². The van der Waals surface area contributed by atoms with Crippen molar-refractivity contribution in [2.45, 2.75) is 297 Å². The second kappa shape index (κ2) is 57.4. The molecule has 1 atom stereocenters. The molecule has 0 radical (unpaired) electrons. The highest BCUT2D eigenvalue weighted by Crippen LogP contribution is 2.16. The van der Waals surface area contributed by atoms with Crippen LogP contribution in [0.3, 0.4) is 0 Å². The van der Waals surface area contributed by atoms with Gasteiger partial charge in [0, 0.05) is 12.8 Å². The third-order valence-corrected chi connectivity index (χ3v) is 12.7. The molecule has 398 valence electrons. The van der Waals surface area contributed by atoms with Gasteiger partial charge in [-0.15, -0.1) is 0 Å². The fourth-order valence-electron chi connectivity index (χ4n) is 8.34. The lowest BCUT2D eigenvalue weighted by atomic mass is 10.0. The van der Waals surface area contributed by atoms with E-state index in [9.17, 15) is 14.4 Å². The van der Waals surface area contributed by atoms with Crippen molar-refractivity contribution in [3.8, 4) is 0 Å².